The van der Waals surface area contributed by atoms with Crippen molar-refractivity contribution in [2.75, 3.05) is 20.8 Å². The van der Waals surface area contributed by atoms with Gasteiger partial charge in [0, 0.05) is 17.7 Å². The van der Waals surface area contributed by atoms with Gasteiger partial charge in [0.25, 0.3) is 0 Å². The van der Waals surface area contributed by atoms with E-state index >= 15 is 0 Å². The van der Waals surface area contributed by atoms with Gasteiger partial charge in [-0.05, 0) is 57.0 Å². The Bertz CT molecular complexity index is 430. The van der Waals surface area contributed by atoms with E-state index in [1.165, 1.54) is 0 Å². The molecule has 1 heterocycles. The van der Waals surface area contributed by atoms with E-state index in [1.54, 1.807) is 7.11 Å². The van der Waals surface area contributed by atoms with Crippen LogP contribution in [-0.2, 0) is 11.2 Å². The average molecular weight is 284 g/mol. The van der Waals surface area contributed by atoms with E-state index in [2.05, 4.69) is 12.2 Å². The monoisotopic (exact) mass is 283 g/mol. The predicted octanol–water partition coefficient (Wildman–Crippen LogP) is 3.05. The van der Waals surface area contributed by atoms with Gasteiger partial charge in [0.15, 0.2) is 0 Å². The summed E-state index contributed by atoms with van der Waals surface area (Å²) in [6, 6.07) is 6.00. The second-order valence-corrected chi connectivity index (χ2v) is 5.70. The maximum atomic E-state index is 6.09. The minimum atomic E-state index is -0.109. The van der Waals surface area contributed by atoms with Crippen LogP contribution in [0.15, 0.2) is 18.2 Å². The summed E-state index contributed by atoms with van der Waals surface area (Å²) < 4.78 is 11.3. The van der Waals surface area contributed by atoms with Crippen LogP contribution >= 0.6 is 11.6 Å². The molecule has 0 radical (unpaired) electrons. The van der Waals surface area contributed by atoms with Gasteiger partial charge in [-0.2, -0.15) is 0 Å². The molecule has 19 heavy (non-hydrogen) atoms. The Labute approximate surface area is 120 Å². The molecule has 1 N–H and O–H groups in total. The first-order valence-electron chi connectivity index (χ1n) is 6.72. The number of ether oxygens (including phenoxy) is 2. The second-order valence-electron chi connectivity index (χ2n) is 5.27. The van der Waals surface area contributed by atoms with Crippen LogP contribution in [0.2, 0.25) is 5.02 Å². The van der Waals surface area contributed by atoms with Crippen LogP contribution in [0.4, 0.5) is 0 Å². The summed E-state index contributed by atoms with van der Waals surface area (Å²) in [5.41, 5.74) is 1.01. The quantitative estimate of drug-likeness (QED) is 0.901. The molecule has 0 spiro atoms. The summed E-state index contributed by atoms with van der Waals surface area (Å²) in [6.45, 7) is 3.03. The van der Waals surface area contributed by atoms with E-state index in [-0.39, 0.29) is 11.6 Å². The van der Waals surface area contributed by atoms with E-state index in [0.29, 0.717) is 0 Å². The van der Waals surface area contributed by atoms with E-state index < -0.39 is 0 Å². The van der Waals surface area contributed by atoms with Crippen molar-refractivity contribution in [1.29, 1.82) is 0 Å². The van der Waals surface area contributed by atoms with Crippen LogP contribution < -0.4 is 10.1 Å². The van der Waals surface area contributed by atoms with Gasteiger partial charge in [-0.15, -0.1) is 0 Å². The zero-order chi connectivity index (χ0) is 13.9. The molecule has 0 amide bonds. The number of rotatable bonds is 5. The highest BCUT2D eigenvalue weighted by Crippen LogP contribution is 2.32. The minimum absolute atomic E-state index is 0.109. The fourth-order valence-electron chi connectivity index (χ4n) is 2.83. The van der Waals surface area contributed by atoms with Gasteiger partial charge in [-0.1, -0.05) is 11.6 Å². The predicted molar refractivity (Wildman–Crippen MR) is 78.1 cm³/mol. The summed E-state index contributed by atoms with van der Waals surface area (Å²) in [5, 5.41) is 4.12. The zero-order valence-corrected chi connectivity index (χ0v) is 12.6. The maximum Gasteiger partial charge on any atom is 0.122 e. The van der Waals surface area contributed by atoms with Gasteiger partial charge in [-0.25, -0.2) is 0 Å². The van der Waals surface area contributed by atoms with Gasteiger partial charge in [-0.3, -0.25) is 0 Å². The van der Waals surface area contributed by atoms with Crippen molar-refractivity contribution in [3.05, 3.63) is 28.8 Å². The van der Waals surface area contributed by atoms with Crippen LogP contribution in [0.5, 0.6) is 5.75 Å². The number of nitrogens with one attached hydrogen (secondary N) is 1. The number of hydrogen-bond donors (Lipinski definition) is 1. The van der Waals surface area contributed by atoms with Gasteiger partial charge < -0.3 is 14.8 Å². The lowest BCUT2D eigenvalue weighted by molar-refractivity contribution is -0.00954. The number of hydrogen-bond acceptors (Lipinski definition) is 3. The number of halogens is 1. The molecule has 1 saturated heterocycles. The topological polar surface area (TPSA) is 30.5 Å². The van der Waals surface area contributed by atoms with Crippen molar-refractivity contribution in [3.63, 3.8) is 0 Å². The Hall–Kier alpha value is -0.770. The molecule has 1 fully saturated rings. The molecule has 3 nitrogen and oxygen atoms in total. The zero-order valence-electron chi connectivity index (χ0n) is 11.8. The van der Waals surface area contributed by atoms with Crippen molar-refractivity contribution in [2.45, 2.75) is 37.8 Å². The van der Waals surface area contributed by atoms with Gasteiger partial charge in [0.1, 0.15) is 5.75 Å². The molecule has 0 aliphatic carbocycles. The summed E-state index contributed by atoms with van der Waals surface area (Å²) in [5.74, 6) is 0.881. The van der Waals surface area contributed by atoms with Crippen molar-refractivity contribution in [3.8, 4) is 5.75 Å². The van der Waals surface area contributed by atoms with Crippen molar-refractivity contribution in [1.82, 2.24) is 5.32 Å². The lowest BCUT2D eigenvalue weighted by Crippen LogP contribution is -2.48. The molecular weight excluding hydrogens is 262 g/mol. The van der Waals surface area contributed by atoms with Crippen LogP contribution in [0.3, 0.4) is 0 Å². The van der Waals surface area contributed by atoms with Gasteiger partial charge >= 0.3 is 0 Å². The lowest BCUT2D eigenvalue weighted by Gasteiger charge is -2.33. The number of likely N-dealkylation sites (N-methyl/N-ethyl adjacent to an activating group) is 1. The van der Waals surface area contributed by atoms with Gasteiger partial charge in [0.2, 0.25) is 0 Å². The third-order valence-electron chi connectivity index (χ3n) is 4.00. The van der Waals surface area contributed by atoms with Crippen LogP contribution in [0, 0.1) is 0 Å². The Kier molecular flexibility index (Phi) is 4.71. The molecule has 1 aromatic rings. The van der Waals surface area contributed by atoms with E-state index in [9.17, 15) is 0 Å². The Balaban J connectivity index is 2.20. The highest BCUT2D eigenvalue weighted by molar-refractivity contribution is 6.30. The standard InChI is InChI=1S/C15H22ClNO2/c1-15(7-4-8-19-15)14(17-2)10-11-9-12(16)5-6-13(11)18-3/h5-6,9,14,17H,4,7-8,10H2,1-3H3. The lowest BCUT2D eigenvalue weighted by atomic mass is 9.88. The minimum Gasteiger partial charge on any atom is -0.496 e. The number of benzene rings is 1. The van der Waals surface area contributed by atoms with Crippen molar-refractivity contribution >= 4 is 11.6 Å². The molecule has 106 valence electrons. The normalized spacial score (nSPS) is 24.4. The Morgan fingerprint density at radius 3 is 2.89 bits per heavy atom. The van der Waals surface area contributed by atoms with Crippen molar-refractivity contribution < 1.29 is 9.47 Å². The molecule has 2 unspecified atom stereocenters. The molecule has 0 aromatic heterocycles. The van der Waals surface area contributed by atoms with Crippen LogP contribution in [0.25, 0.3) is 0 Å². The van der Waals surface area contributed by atoms with Crippen LogP contribution in [-0.4, -0.2) is 32.4 Å². The molecule has 4 heteroatoms. The molecule has 2 rings (SSSR count). The summed E-state index contributed by atoms with van der Waals surface area (Å²) in [4.78, 5) is 0. The van der Waals surface area contributed by atoms with Crippen LogP contribution in [0.1, 0.15) is 25.3 Å². The summed E-state index contributed by atoms with van der Waals surface area (Å²) in [7, 11) is 3.67. The van der Waals surface area contributed by atoms with E-state index in [1.807, 2.05) is 25.2 Å². The highest BCUT2D eigenvalue weighted by atomic mass is 35.5. The molecule has 1 aliphatic heterocycles. The third kappa shape index (κ3) is 3.22. The molecule has 1 aliphatic rings. The second kappa shape index (κ2) is 6.12. The summed E-state index contributed by atoms with van der Waals surface area (Å²) >= 11 is 6.09. The number of methoxy groups -OCH3 is 1. The fourth-order valence-corrected chi connectivity index (χ4v) is 3.02. The fraction of sp³-hybridized carbons (Fsp3) is 0.600. The first-order valence-corrected chi connectivity index (χ1v) is 7.10. The first kappa shape index (κ1) is 14.6. The Morgan fingerprint density at radius 2 is 2.32 bits per heavy atom. The van der Waals surface area contributed by atoms with Gasteiger partial charge in [0.05, 0.1) is 12.7 Å². The largest absolute Gasteiger partial charge is 0.496 e. The molecular formula is C15H22ClNO2. The first-order chi connectivity index (χ1) is 9.09. The molecule has 1 aromatic carbocycles. The smallest absolute Gasteiger partial charge is 0.122 e. The van der Waals surface area contributed by atoms with Crippen molar-refractivity contribution in [2.24, 2.45) is 0 Å². The Morgan fingerprint density at radius 1 is 1.53 bits per heavy atom. The average Bonchev–Trinajstić information content (AvgIpc) is 2.84. The maximum absolute atomic E-state index is 6.09. The van der Waals surface area contributed by atoms with E-state index in [0.717, 1.165) is 42.2 Å². The highest BCUT2D eigenvalue weighted by Gasteiger charge is 2.37. The van der Waals surface area contributed by atoms with E-state index in [4.69, 9.17) is 21.1 Å². The molecule has 0 bridgehead atoms. The molecule has 0 saturated carbocycles. The molecule has 2 atom stereocenters. The summed E-state index contributed by atoms with van der Waals surface area (Å²) in [6.07, 6.45) is 3.06. The SMILES string of the molecule is CNC(Cc1cc(Cl)ccc1OC)C1(C)CCCO1. The third-order valence-corrected chi connectivity index (χ3v) is 4.24.